The molecule has 1 saturated heterocycles. The Morgan fingerprint density at radius 2 is 1.72 bits per heavy atom. The van der Waals surface area contributed by atoms with Crippen LogP contribution >= 0.6 is 0 Å². The van der Waals surface area contributed by atoms with E-state index in [1.165, 1.54) is 5.56 Å². The van der Waals surface area contributed by atoms with Crippen LogP contribution in [0.3, 0.4) is 0 Å². The quantitative estimate of drug-likeness (QED) is 0.692. The maximum absolute atomic E-state index is 6.23. The minimum atomic E-state index is 0.434. The number of benzene rings is 1. The molecular weight excluding hydrogens is 372 g/mol. The number of aromatic nitrogens is 3. The smallest absolute Gasteiger partial charge is 0.227 e. The number of methoxy groups -OCH3 is 2. The van der Waals surface area contributed by atoms with E-state index in [4.69, 9.17) is 24.7 Å². The monoisotopic (exact) mass is 398 g/mol. The van der Waals surface area contributed by atoms with Crippen molar-refractivity contribution in [3.63, 3.8) is 0 Å². The van der Waals surface area contributed by atoms with Crippen LogP contribution in [-0.4, -0.2) is 60.4 Å². The fourth-order valence-corrected chi connectivity index (χ4v) is 3.67. The molecule has 0 amide bonds. The molecule has 0 unspecified atom stereocenters. The topological polar surface area (TPSA) is 103 Å². The molecule has 4 rings (SSSR count). The Labute approximate surface area is 169 Å². The molecule has 9 heteroatoms. The van der Waals surface area contributed by atoms with Crippen molar-refractivity contribution >= 4 is 22.7 Å². The summed E-state index contributed by atoms with van der Waals surface area (Å²) in [5.41, 5.74) is 9.10. The summed E-state index contributed by atoms with van der Waals surface area (Å²) in [5, 5.41) is 4.80. The average Bonchev–Trinajstić information content (AvgIpc) is 3.05. The number of aryl methyl sites for hydroxylation is 2. The summed E-state index contributed by atoms with van der Waals surface area (Å²) >= 11 is 0. The minimum absolute atomic E-state index is 0.434. The Morgan fingerprint density at radius 1 is 1.03 bits per heavy atom. The van der Waals surface area contributed by atoms with Crippen LogP contribution in [-0.2, 0) is 6.54 Å². The Balaban J connectivity index is 1.52. The number of nitrogens with two attached hydrogens (primary N) is 1. The second-order valence-corrected chi connectivity index (χ2v) is 7.20. The third-order valence-corrected chi connectivity index (χ3v) is 5.44. The van der Waals surface area contributed by atoms with Gasteiger partial charge in [-0.3, -0.25) is 4.90 Å². The fraction of sp³-hybridized carbons (Fsp3) is 0.450. The SMILES string of the molecule is COc1cc2nc(N3CCN(Cc4c(C)noc4C)CC3)nc(N)c2cc1OC. The first-order valence-corrected chi connectivity index (χ1v) is 9.58. The zero-order valence-electron chi connectivity index (χ0n) is 17.2. The normalized spacial score (nSPS) is 15.1. The van der Waals surface area contributed by atoms with Gasteiger partial charge in [-0.2, -0.15) is 4.98 Å². The van der Waals surface area contributed by atoms with E-state index in [1.54, 1.807) is 14.2 Å². The van der Waals surface area contributed by atoms with Crippen LogP contribution in [0.2, 0.25) is 0 Å². The van der Waals surface area contributed by atoms with Gasteiger partial charge in [-0.1, -0.05) is 5.16 Å². The van der Waals surface area contributed by atoms with Gasteiger partial charge in [-0.15, -0.1) is 0 Å². The zero-order valence-corrected chi connectivity index (χ0v) is 17.2. The molecule has 154 valence electrons. The summed E-state index contributed by atoms with van der Waals surface area (Å²) in [4.78, 5) is 13.8. The van der Waals surface area contributed by atoms with Gasteiger partial charge in [-0.05, 0) is 19.9 Å². The minimum Gasteiger partial charge on any atom is -0.493 e. The highest BCUT2D eigenvalue weighted by Crippen LogP contribution is 2.34. The standard InChI is InChI=1S/C20H26N6O3/c1-12-15(13(2)29-24-12)11-25-5-7-26(8-6-25)20-22-16-10-18(28-4)17(27-3)9-14(16)19(21)23-20/h9-10H,5-8,11H2,1-4H3,(H2,21,22,23). The van der Waals surface area contributed by atoms with Crippen molar-refractivity contribution in [2.45, 2.75) is 20.4 Å². The van der Waals surface area contributed by atoms with E-state index >= 15 is 0 Å². The van der Waals surface area contributed by atoms with E-state index in [1.807, 2.05) is 26.0 Å². The number of hydrogen-bond acceptors (Lipinski definition) is 9. The van der Waals surface area contributed by atoms with Crippen LogP contribution in [0.4, 0.5) is 11.8 Å². The number of fused-ring (bicyclic) bond motifs is 1. The first-order chi connectivity index (χ1) is 14.0. The Morgan fingerprint density at radius 3 is 2.34 bits per heavy atom. The van der Waals surface area contributed by atoms with Gasteiger partial charge < -0.3 is 24.6 Å². The molecule has 0 atom stereocenters. The van der Waals surface area contributed by atoms with E-state index in [2.05, 4.69) is 19.9 Å². The van der Waals surface area contributed by atoms with Gasteiger partial charge in [0.05, 0.1) is 25.4 Å². The third-order valence-electron chi connectivity index (χ3n) is 5.44. The summed E-state index contributed by atoms with van der Waals surface area (Å²) < 4.78 is 16.0. The molecule has 9 nitrogen and oxygen atoms in total. The largest absolute Gasteiger partial charge is 0.493 e. The van der Waals surface area contributed by atoms with Gasteiger partial charge in [0, 0.05) is 49.7 Å². The van der Waals surface area contributed by atoms with Gasteiger partial charge in [-0.25, -0.2) is 4.98 Å². The van der Waals surface area contributed by atoms with Gasteiger partial charge in [0.15, 0.2) is 11.5 Å². The summed E-state index contributed by atoms with van der Waals surface area (Å²) in [5.74, 6) is 3.19. The van der Waals surface area contributed by atoms with Gasteiger partial charge >= 0.3 is 0 Å². The molecule has 0 bridgehead atoms. The van der Waals surface area contributed by atoms with E-state index in [9.17, 15) is 0 Å². The Hall–Kier alpha value is -3.07. The summed E-state index contributed by atoms with van der Waals surface area (Å²) in [6.45, 7) is 8.22. The van der Waals surface area contributed by atoms with Crippen molar-refractivity contribution in [2.24, 2.45) is 0 Å². The molecule has 1 aliphatic heterocycles. The number of hydrogen-bond donors (Lipinski definition) is 1. The molecule has 29 heavy (non-hydrogen) atoms. The molecule has 2 aromatic heterocycles. The lowest BCUT2D eigenvalue weighted by molar-refractivity contribution is 0.247. The Bertz CT molecular complexity index is 1010. The summed E-state index contributed by atoms with van der Waals surface area (Å²) in [6, 6.07) is 3.65. The fourth-order valence-electron chi connectivity index (χ4n) is 3.67. The number of ether oxygens (including phenoxy) is 2. The van der Waals surface area contributed by atoms with Crippen molar-refractivity contribution in [2.75, 3.05) is 51.0 Å². The molecular formula is C20H26N6O3. The van der Waals surface area contributed by atoms with Gasteiger partial charge in [0.25, 0.3) is 0 Å². The molecule has 0 aliphatic carbocycles. The highest BCUT2D eigenvalue weighted by atomic mass is 16.5. The molecule has 3 heterocycles. The molecule has 3 aromatic rings. The van der Waals surface area contributed by atoms with Crippen LogP contribution in [0.15, 0.2) is 16.7 Å². The van der Waals surface area contributed by atoms with E-state index < -0.39 is 0 Å². The average molecular weight is 398 g/mol. The van der Waals surface area contributed by atoms with Crippen molar-refractivity contribution in [3.8, 4) is 11.5 Å². The summed E-state index contributed by atoms with van der Waals surface area (Å²) in [7, 11) is 3.20. The lowest BCUT2D eigenvalue weighted by Crippen LogP contribution is -2.46. The highest BCUT2D eigenvalue weighted by Gasteiger charge is 2.22. The molecule has 2 N–H and O–H groups in total. The maximum atomic E-state index is 6.23. The number of nitrogens with zero attached hydrogens (tertiary/aromatic N) is 5. The van der Waals surface area contributed by atoms with E-state index in [0.29, 0.717) is 23.3 Å². The molecule has 1 aromatic carbocycles. The van der Waals surface area contributed by atoms with Crippen LogP contribution < -0.4 is 20.1 Å². The van der Waals surface area contributed by atoms with Crippen LogP contribution in [0, 0.1) is 13.8 Å². The number of piperazine rings is 1. The number of nitrogen functional groups attached to an aromatic ring is 1. The van der Waals surface area contributed by atoms with Crippen molar-refractivity contribution < 1.29 is 14.0 Å². The molecule has 0 saturated carbocycles. The van der Waals surface area contributed by atoms with Crippen LogP contribution in [0.5, 0.6) is 11.5 Å². The first-order valence-electron chi connectivity index (χ1n) is 9.58. The molecule has 1 aliphatic rings. The highest BCUT2D eigenvalue weighted by molar-refractivity contribution is 5.91. The van der Waals surface area contributed by atoms with E-state index in [0.717, 1.165) is 55.1 Å². The predicted octanol–water partition coefficient (Wildman–Crippen LogP) is 2.16. The van der Waals surface area contributed by atoms with Crippen molar-refractivity contribution in [1.29, 1.82) is 0 Å². The van der Waals surface area contributed by atoms with Crippen LogP contribution in [0.25, 0.3) is 10.9 Å². The van der Waals surface area contributed by atoms with E-state index in [-0.39, 0.29) is 0 Å². The zero-order chi connectivity index (χ0) is 20.5. The first kappa shape index (κ1) is 19.3. The van der Waals surface area contributed by atoms with Crippen molar-refractivity contribution in [3.05, 3.63) is 29.2 Å². The summed E-state index contributed by atoms with van der Waals surface area (Å²) in [6.07, 6.45) is 0. The third kappa shape index (κ3) is 3.65. The van der Waals surface area contributed by atoms with Gasteiger partial charge in [0.1, 0.15) is 11.6 Å². The lowest BCUT2D eigenvalue weighted by atomic mass is 10.2. The molecule has 0 radical (unpaired) electrons. The van der Waals surface area contributed by atoms with Crippen molar-refractivity contribution in [1.82, 2.24) is 20.0 Å². The second kappa shape index (κ2) is 7.75. The maximum Gasteiger partial charge on any atom is 0.227 e. The second-order valence-electron chi connectivity index (χ2n) is 7.20. The molecule has 1 fully saturated rings. The number of anilines is 2. The lowest BCUT2D eigenvalue weighted by Gasteiger charge is -2.34. The molecule has 0 spiro atoms. The Kier molecular flexibility index (Phi) is 5.14. The predicted molar refractivity (Wildman–Crippen MR) is 111 cm³/mol. The number of rotatable bonds is 5. The van der Waals surface area contributed by atoms with Crippen LogP contribution in [0.1, 0.15) is 17.0 Å². The van der Waals surface area contributed by atoms with Gasteiger partial charge in [0.2, 0.25) is 5.95 Å².